The number of amides is 1. The van der Waals surface area contributed by atoms with Crippen LogP contribution in [0.15, 0.2) is 24.3 Å². The zero-order chi connectivity index (χ0) is 19.6. The maximum Gasteiger partial charge on any atom is 0.241 e. The Kier molecular flexibility index (Phi) is 7.59. The van der Waals surface area contributed by atoms with Crippen LogP contribution in [-0.2, 0) is 14.8 Å². The molecule has 9 heteroatoms. The van der Waals surface area contributed by atoms with Gasteiger partial charge in [0.1, 0.15) is 11.5 Å². The molecule has 0 radical (unpaired) electrons. The maximum absolute atomic E-state index is 12.5. The Morgan fingerprint density at radius 1 is 1.21 bits per heavy atom. The van der Waals surface area contributed by atoms with E-state index in [9.17, 15) is 13.2 Å². The number of hydrogen-bond donors (Lipinski definition) is 2. The van der Waals surface area contributed by atoms with Gasteiger partial charge in [-0.25, -0.2) is 8.42 Å². The highest BCUT2D eigenvalue weighted by molar-refractivity contribution is 7.93. The van der Waals surface area contributed by atoms with Crippen molar-refractivity contribution in [1.29, 1.82) is 0 Å². The van der Waals surface area contributed by atoms with Crippen LogP contribution >= 0.6 is 12.4 Å². The Labute approximate surface area is 173 Å². The molecule has 1 aromatic rings. The number of rotatable bonds is 7. The highest BCUT2D eigenvalue weighted by atomic mass is 35.5. The summed E-state index contributed by atoms with van der Waals surface area (Å²) in [5.41, 5.74) is 0.418. The van der Waals surface area contributed by atoms with Crippen LogP contribution in [0.4, 0.5) is 5.69 Å². The summed E-state index contributed by atoms with van der Waals surface area (Å²) in [6.07, 6.45) is 4.11. The van der Waals surface area contributed by atoms with Crippen molar-refractivity contribution in [2.45, 2.75) is 63.8 Å². The SMILES string of the molecule is CC(C)Oc1ccc(NS(=O)(=O)CC(=O)N(C)C2CC3CCC(C2)N3)cc1.Cl. The quantitative estimate of drug-likeness (QED) is 0.692. The molecule has 1 aromatic carbocycles. The average Bonchev–Trinajstić information content (AvgIpc) is 2.92. The van der Waals surface area contributed by atoms with Gasteiger partial charge in [0, 0.05) is 30.9 Å². The van der Waals surface area contributed by atoms with Crippen LogP contribution in [0.1, 0.15) is 39.5 Å². The third-order valence-electron chi connectivity index (χ3n) is 5.20. The third kappa shape index (κ3) is 5.99. The second-order valence-electron chi connectivity index (χ2n) is 7.82. The molecular weight excluding hydrogens is 402 g/mol. The minimum absolute atomic E-state index is 0. The van der Waals surface area contributed by atoms with Crippen LogP contribution in [-0.4, -0.2) is 56.3 Å². The standard InChI is InChI=1S/C19H29N3O4S.ClH/c1-13(2)26-18-8-6-14(7-9-18)21-27(24,25)12-19(23)22(3)17-10-15-4-5-16(11-17)20-15;/h6-9,13,15-17,20-21H,4-5,10-12H2,1-3H3;1H. The van der Waals surface area contributed by atoms with Gasteiger partial charge >= 0.3 is 0 Å². The van der Waals surface area contributed by atoms with Crippen LogP contribution < -0.4 is 14.8 Å². The number of nitrogens with zero attached hydrogens (tertiary/aromatic N) is 1. The Bertz CT molecular complexity index is 758. The van der Waals surface area contributed by atoms with Crippen molar-refractivity contribution in [3.63, 3.8) is 0 Å². The fourth-order valence-electron chi connectivity index (χ4n) is 3.90. The first-order chi connectivity index (χ1) is 12.7. The lowest BCUT2D eigenvalue weighted by molar-refractivity contribution is -0.129. The summed E-state index contributed by atoms with van der Waals surface area (Å²) < 4.78 is 32.8. The number of hydrogen-bond acceptors (Lipinski definition) is 5. The zero-order valence-corrected chi connectivity index (χ0v) is 18.2. The lowest BCUT2D eigenvalue weighted by Gasteiger charge is -2.35. The van der Waals surface area contributed by atoms with Gasteiger partial charge in [0.05, 0.1) is 6.10 Å². The van der Waals surface area contributed by atoms with Crippen molar-refractivity contribution in [1.82, 2.24) is 10.2 Å². The van der Waals surface area contributed by atoms with E-state index in [-0.39, 0.29) is 30.5 Å². The molecule has 2 fully saturated rings. The molecular formula is C19H30ClN3O4S. The molecule has 0 aliphatic carbocycles. The Morgan fingerprint density at radius 3 is 2.32 bits per heavy atom. The van der Waals surface area contributed by atoms with Gasteiger partial charge in [0.25, 0.3) is 0 Å². The molecule has 2 aliphatic heterocycles. The minimum Gasteiger partial charge on any atom is -0.491 e. The largest absolute Gasteiger partial charge is 0.491 e. The van der Waals surface area contributed by atoms with E-state index < -0.39 is 15.8 Å². The van der Waals surface area contributed by atoms with Crippen molar-refractivity contribution in [3.05, 3.63) is 24.3 Å². The van der Waals surface area contributed by atoms with Crippen molar-refractivity contribution >= 4 is 34.0 Å². The first kappa shape index (κ1) is 22.8. The topological polar surface area (TPSA) is 87.7 Å². The lowest BCUT2D eigenvalue weighted by Crippen LogP contribution is -2.50. The van der Waals surface area contributed by atoms with Gasteiger partial charge in [-0.15, -0.1) is 12.4 Å². The molecule has 0 saturated carbocycles. The van der Waals surface area contributed by atoms with Crippen molar-refractivity contribution in [2.75, 3.05) is 17.5 Å². The second kappa shape index (κ2) is 9.33. The average molecular weight is 432 g/mol. The van der Waals surface area contributed by atoms with Gasteiger partial charge in [-0.2, -0.15) is 0 Å². The monoisotopic (exact) mass is 431 g/mol. The van der Waals surface area contributed by atoms with Gasteiger partial charge in [-0.05, 0) is 63.8 Å². The first-order valence-corrected chi connectivity index (χ1v) is 11.2. The number of ether oxygens (including phenoxy) is 1. The van der Waals surface area contributed by atoms with Gasteiger partial charge in [0.15, 0.2) is 0 Å². The molecule has 7 nitrogen and oxygen atoms in total. The Morgan fingerprint density at radius 2 is 1.79 bits per heavy atom. The van der Waals surface area contributed by atoms with Gasteiger partial charge < -0.3 is 15.0 Å². The molecule has 0 aromatic heterocycles. The minimum atomic E-state index is -3.76. The number of benzene rings is 1. The number of halogens is 1. The van der Waals surface area contributed by atoms with E-state index in [1.54, 1.807) is 36.2 Å². The molecule has 0 spiro atoms. The summed E-state index contributed by atoms with van der Waals surface area (Å²) in [5, 5.41) is 3.53. The number of anilines is 1. The lowest BCUT2D eigenvalue weighted by atomic mass is 9.98. The zero-order valence-electron chi connectivity index (χ0n) is 16.6. The van der Waals surface area contributed by atoms with E-state index in [2.05, 4.69) is 10.0 Å². The molecule has 2 N–H and O–H groups in total. The van der Waals surface area contributed by atoms with Crippen molar-refractivity contribution < 1.29 is 17.9 Å². The number of carbonyl (C=O) groups is 1. The second-order valence-corrected chi connectivity index (χ2v) is 9.54. The van der Waals surface area contributed by atoms with Gasteiger partial charge in [-0.3, -0.25) is 9.52 Å². The van der Waals surface area contributed by atoms with Crippen molar-refractivity contribution in [3.8, 4) is 5.75 Å². The van der Waals surface area contributed by atoms with E-state index in [0.717, 1.165) is 25.7 Å². The molecule has 2 aliphatic rings. The molecule has 2 bridgehead atoms. The highest BCUT2D eigenvalue weighted by Gasteiger charge is 2.37. The number of sulfonamides is 1. The third-order valence-corrected chi connectivity index (χ3v) is 6.38. The van der Waals surface area contributed by atoms with E-state index in [4.69, 9.17) is 4.74 Å². The number of fused-ring (bicyclic) bond motifs is 2. The van der Waals surface area contributed by atoms with Gasteiger partial charge in [0.2, 0.25) is 15.9 Å². The summed E-state index contributed by atoms with van der Waals surface area (Å²) in [6.45, 7) is 3.85. The maximum atomic E-state index is 12.5. The van der Waals surface area contributed by atoms with E-state index in [1.807, 2.05) is 13.8 Å². The summed E-state index contributed by atoms with van der Waals surface area (Å²) in [5.74, 6) is -0.245. The number of piperidine rings is 1. The van der Waals surface area contributed by atoms with Gasteiger partial charge in [-0.1, -0.05) is 0 Å². The molecule has 158 valence electrons. The normalized spacial score (nSPS) is 23.8. The predicted molar refractivity (Wildman–Crippen MR) is 113 cm³/mol. The molecule has 1 amide bonds. The molecule has 2 atom stereocenters. The van der Waals surface area contributed by atoms with E-state index in [0.29, 0.717) is 23.5 Å². The van der Waals surface area contributed by atoms with Crippen LogP contribution in [0.5, 0.6) is 5.75 Å². The van der Waals surface area contributed by atoms with Crippen LogP contribution in [0.25, 0.3) is 0 Å². The number of nitrogens with one attached hydrogen (secondary N) is 2. The van der Waals surface area contributed by atoms with Crippen molar-refractivity contribution in [2.24, 2.45) is 0 Å². The fraction of sp³-hybridized carbons (Fsp3) is 0.632. The summed E-state index contributed by atoms with van der Waals surface area (Å²) >= 11 is 0. The molecule has 28 heavy (non-hydrogen) atoms. The first-order valence-electron chi connectivity index (χ1n) is 9.51. The molecule has 2 saturated heterocycles. The molecule has 2 unspecified atom stereocenters. The molecule has 2 heterocycles. The summed E-state index contributed by atoms with van der Waals surface area (Å²) in [7, 11) is -2.05. The molecule has 3 rings (SSSR count). The summed E-state index contributed by atoms with van der Waals surface area (Å²) in [4.78, 5) is 14.1. The Balaban J connectivity index is 0.00000280. The fourth-order valence-corrected chi connectivity index (χ4v) is 5.00. The van der Waals surface area contributed by atoms with E-state index >= 15 is 0 Å². The summed E-state index contributed by atoms with van der Waals surface area (Å²) in [6, 6.07) is 7.68. The van der Waals surface area contributed by atoms with E-state index in [1.165, 1.54) is 0 Å². The van der Waals surface area contributed by atoms with Crippen LogP contribution in [0.2, 0.25) is 0 Å². The van der Waals surface area contributed by atoms with Crippen LogP contribution in [0.3, 0.4) is 0 Å². The number of carbonyl (C=O) groups excluding carboxylic acids is 1. The predicted octanol–water partition coefficient (Wildman–Crippen LogP) is 2.38. The van der Waals surface area contributed by atoms with Crippen LogP contribution in [0, 0.1) is 0 Å². The smallest absolute Gasteiger partial charge is 0.241 e. The highest BCUT2D eigenvalue weighted by Crippen LogP contribution is 2.29. The Hall–Kier alpha value is -1.51.